The lowest BCUT2D eigenvalue weighted by Crippen LogP contribution is -2.48. The molecule has 1 aliphatic rings. The molecule has 11 heavy (non-hydrogen) atoms. The van der Waals surface area contributed by atoms with Crippen molar-refractivity contribution in [1.29, 1.82) is 0 Å². The molecule has 0 saturated heterocycles. The van der Waals surface area contributed by atoms with E-state index in [0.717, 1.165) is 25.8 Å². The molecule has 1 aliphatic carbocycles. The molecular weight excluding hydrogens is 136 g/mol. The molecule has 1 rings (SSSR count). The summed E-state index contributed by atoms with van der Waals surface area (Å²) in [6, 6.07) is 1.14. The fraction of sp³-hybridized carbons (Fsp3) is 0.778. The van der Waals surface area contributed by atoms with Gasteiger partial charge in [0.15, 0.2) is 0 Å². The van der Waals surface area contributed by atoms with Crippen LogP contribution in [0.4, 0.5) is 0 Å². The van der Waals surface area contributed by atoms with E-state index in [1.165, 1.54) is 5.57 Å². The summed E-state index contributed by atoms with van der Waals surface area (Å²) in [5.74, 6) is 0. The van der Waals surface area contributed by atoms with E-state index >= 15 is 0 Å². The van der Waals surface area contributed by atoms with Crippen LogP contribution in [0.3, 0.4) is 0 Å². The quantitative estimate of drug-likeness (QED) is 0.594. The molecule has 0 heterocycles. The predicted molar refractivity (Wildman–Crippen MR) is 48.4 cm³/mol. The van der Waals surface area contributed by atoms with Gasteiger partial charge in [-0.15, -0.1) is 6.58 Å². The Bertz CT molecular complexity index is 136. The zero-order valence-electron chi connectivity index (χ0n) is 7.27. The van der Waals surface area contributed by atoms with Crippen molar-refractivity contribution in [1.82, 2.24) is 5.32 Å². The van der Waals surface area contributed by atoms with Gasteiger partial charge in [-0.2, -0.15) is 0 Å². The molecule has 64 valence electrons. The van der Waals surface area contributed by atoms with Crippen LogP contribution < -0.4 is 11.1 Å². The van der Waals surface area contributed by atoms with Crippen LogP contribution in [0.1, 0.15) is 26.2 Å². The third kappa shape index (κ3) is 3.04. The number of nitrogens with one attached hydrogen (secondary N) is 1. The van der Waals surface area contributed by atoms with E-state index in [2.05, 4.69) is 18.8 Å². The van der Waals surface area contributed by atoms with Gasteiger partial charge in [0, 0.05) is 12.1 Å². The summed E-state index contributed by atoms with van der Waals surface area (Å²) in [5, 5.41) is 3.44. The first kappa shape index (κ1) is 8.75. The summed E-state index contributed by atoms with van der Waals surface area (Å²) in [6.07, 6.45) is 3.39. The second kappa shape index (κ2) is 3.88. The first-order valence-corrected chi connectivity index (χ1v) is 4.32. The highest BCUT2D eigenvalue weighted by Gasteiger charge is 2.24. The molecule has 0 unspecified atom stereocenters. The Balaban J connectivity index is 1.92. The van der Waals surface area contributed by atoms with Crippen molar-refractivity contribution in [3.8, 4) is 0 Å². The summed E-state index contributed by atoms with van der Waals surface area (Å²) in [6.45, 7) is 6.97. The zero-order chi connectivity index (χ0) is 8.27. The van der Waals surface area contributed by atoms with E-state index in [-0.39, 0.29) is 0 Å². The van der Waals surface area contributed by atoms with E-state index in [4.69, 9.17) is 5.73 Å². The van der Waals surface area contributed by atoms with Gasteiger partial charge in [0.1, 0.15) is 0 Å². The van der Waals surface area contributed by atoms with Crippen molar-refractivity contribution in [2.45, 2.75) is 38.3 Å². The maximum Gasteiger partial charge on any atom is 0.00966 e. The highest BCUT2D eigenvalue weighted by Crippen LogP contribution is 2.17. The lowest BCUT2D eigenvalue weighted by atomic mass is 9.87. The van der Waals surface area contributed by atoms with Crippen molar-refractivity contribution < 1.29 is 0 Å². The molecule has 1 saturated carbocycles. The smallest absolute Gasteiger partial charge is 0.00966 e. The second-order valence-electron chi connectivity index (χ2n) is 3.59. The summed E-state index contributed by atoms with van der Waals surface area (Å²) >= 11 is 0. The van der Waals surface area contributed by atoms with E-state index in [1.807, 2.05) is 0 Å². The minimum atomic E-state index is 0.456. The van der Waals surface area contributed by atoms with Gasteiger partial charge in [-0.25, -0.2) is 0 Å². The molecule has 0 spiro atoms. The van der Waals surface area contributed by atoms with Gasteiger partial charge in [-0.1, -0.05) is 5.57 Å². The molecule has 0 aromatic rings. The van der Waals surface area contributed by atoms with E-state index in [0.29, 0.717) is 12.1 Å². The molecule has 0 aromatic heterocycles. The molecular formula is C9H18N2. The fourth-order valence-corrected chi connectivity index (χ4v) is 1.32. The van der Waals surface area contributed by atoms with Crippen LogP contribution in [0, 0.1) is 0 Å². The van der Waals surface area contributed by atoms with Gasteiger partial charge in [-0.05, 0) is 32.7 Å². The van der Waals surface area contributed by atoms with Crippen LogP contribution in [0.25, 0.3) is 0 Å². The Morgan fingerprint density at radius 1 is 1.64 bits per heavy atom. The van der Waals surface area contributed by atoms with Gasteiger partial charge in [-0.3, -0.25) is 0 Å². The topological polar surface area (TPSA) is 38.0 Å². The van der Waals surface area contributed by atoms with Crippen LogP contribution >= 0.6 is 0 Å². The van der Waals surface area contributed by atoms with Gasteiger partial charge >= 0.3 is 0 Å². The Morgan fingerprint density at radius 2 is 2.27 bits per heavy atom. The molecule has 2 nitrogen and oxygen atoms in total. The van der Waals surface area contributed by atoms with Crippen molar-refractivity contribution in [2.24, 2.45) is 5.73 Å². The zero-order valence-corrected chi connectivity index (χ0v) is 7.27. The maximum absolute atomic E-state index is 5.64. The molecule has 0 atom stereocenters. The van der Waals surface area contributed by atoms with Gasteiger partial charge in [0.2, 0.25) is 0 Å². The molecule has 0 aliphatic heterocycles. The normalized spacial score (nSPS) is 29.6. The molecule has 2 heteroatoms. The standard InChI is InChI=1S/C9H18N2/c1-7(2)3-4-11-9-5-8(10)6-9/h8-9,11H,1,3-6,10H2,2H3. The predicted octanol–water partition coefficient (Wildman–Crippen LogP) is 1.03. The van der Waals surface area contributed by atoms with Crippen LogP contribution in [0.15, 0.2) is 12.2 Å². The van der Waals surface area contributed by atoms with Crippen molar-refractivity contribution in [3.63, 3.8) is 0 Å². The summed E-state index contributed by atoms with van der Waals surface area (Å²) < 4.78 is 0. The Labute approximate surface area is 68.9 Å². The first-order chi connectivity index (χ1) is 5.18. The highest BCUT2D eigenvalue weighted by atomic mass is 14.9. The first-order valence-electron chi connectivity index (χ1n) is 4.32. The Hall–Kier alpha value is -0.340. The second-order valence-corrected chi connectivity index (χ2v) is 3.59. The van der Waals surface area contributed by atoms with E-state index in [9.17, 15) is 0 Å². The highest BCUT2D eigenvalue weighted by molar-refractivity contribution is 4.91. The Kier molecular flexibility index (Phi) is 3.09. The molecule has 3 N–H and O–H groups in total. The number of nitrogens with two attached hydrogens (primary N) is 1. The average molecular weight is 154 g/mol. The Morgan fingerprint density at radius 3 is 2.73 bits per heavy atom. The largest absolute Gasteiger partial charge is 0.328 e. The van der Waals surface area contributed by atoms with Crippen LogP contribution in [-0.2, 0) is 0 Å². The molecule has 0 bridgehead atoms. The minimum absolute atomic E-state index is 0.456. The summed E-state index contributed by atoms with van der Waals surface area (Å²) in [7, 11) is 0. The number of rotatable bonds is 4. The van der Waals surface area contributed by atoms with Gasteiger partial charge < -0.3 is 11.1 Å². The molecule has 1 fully saturated rings. The van der Waals surface area contributed by atoms with E-state index < -0.39 is 0 Å². The maximum atomic E-state index is 5.64. The van der Waals surface area contributed by atoms with Gasteiger partial charge in [0.25, 0.3) is 0 Å². The van der Waals surface area contributed by atoms with Gasteiger partial charge in [0.05, 0.1) is 0 Å². The lowest BCUT2D eigenvalue weighted by Gasteiger charge is -2.33. The SMILES string of the molecule is C=C(C)CCNC1CC(N)C1. The van der Waals surface area contributed by atoms with Crippen LogP contribution in [0.5, 0.6) is 0 Å². The fourth-order valence-electron chi connectivity index (χ4n) is 1.32. The average Bonchev–Trinajstić information content (AvgIpc) is 1.83. The van der Waals surface area contributed by atoms with Crippen LogP contribution in [-0.4, -0.2) is 18.6 Å². The third-order valence-electron chi connectivity index (χ3n) is 2.16. The minimum Gasteiger partial charge on any atom is -0.328 e. The van der Waals surface area contributed by atoms with Crippen molar-refractivity contribution in [2.75, 3.05) is 6.54 Å². The van der Waals surface area contributed by atoms with Crippen molar-refractivity contribution in [3.05, 3.63) is 12.2 Å². The van der Waals surface area contributed by atoms with Crippen molar-refractivity contribution >= 4 is 0 Å². The molecule has 0 amide bonds. The monoisotopic (exact) mass is 154 g/mol. The van der Waals surface area contributed by atoms with E-state index in [1.54, 1.807) is 0 Å². The molecule has 0 aromatic carbocycles. The number of hydrogen-bond donors (Lipinski definition) is 2. The number of hydrogen-bond acceptors (Lipinski definition) is 2. The molecule has 0 radical (unpaired) electrons. The third-order valence-corrected chi connectivity index (χ3v) is 2.16. The van der Waals surface area contributed by atoms with Crippen LogP contribution in [0.2, 0.25) is 0 Å². The lowest BCUT2D eigenvalue weighted by molar-refractivity contribution is 0.294. The summed E-state index contributed by atoms with van der Waals surface area (Å²) in [4.78, 5) is 0. The summed E-state index contributed by atoms with van der Waals surface area (Å²) in [5.41, 5.74) is 6.89.